The van der Waals surface area contributed by atoms with Crippen molar-refractivity contribution in [3.63, 3.8) is 0 Å². The summed E-state index contributed by atoms with van der Waals surface area (Å²) < 4.78 is 1.52. The molecule has 1 aromatic rings. The number of nitrogen functional groups attached to an aromatic ring is 1. The summed E-state index contributed by atoms with van der Waals surface area (Å²) in [5, 5.41) is 3.91. The van der Waals surface area contributed by atoms with Crippen LogP contribution in [0, 0.1) is 0 Å². The van der Waals surface area contributed by atoms with Crippen molar-refractivity contribution in [2.75, 3.05) is 5.73 Å². The van der Waals surface area contributed by atoms with Crippen LogP contribution >= 0.6 is 11.6 Å². The fourth-order valence-corrected chi connectivity index (χ4v) is 1.07. The molecule has 0 radical (unpaired) electrons. The summed E-state index contributed by atoms with van der Waals surface area (Å²) in [6.45, 7) is 2.33. The predicted octanol–water partition coefficient (Wildman–Crippen LogP) is 0.707. The van der Waals surface area contributed by atoms with Crippen LogP contribution < -0.4 is 11.5 Å². The average Bonchev–Trinajstić information content (AvgIpc) is 2.46. The third-order valence-electron chi connectivity index (χ3n) is 1.62. The molecule has 14 heavy (non-hydrogen) atoms. The van der Waals surface area contributed by atoms with Gasteiger partial charge in [-0.1, -0.05) is 11.6 Å². The van der Waals surface area contributed by atoms with Crippen molar-refractivity contribution in [2.45, 2.75) is 13.5 Å². The zero-order valence-electron chi connectivity index (χ0n) is 7.70. The minimum atomic E-state index is -0.631. The normalized spacial score (nSPS) is 11.7. The molecule has 0 fully saturated rings. The monoisotopic (exact) mass is 214 g/mol. The number of nitrogens with two attached hydrogens (primary N) is 2. The molecule has 0 aliphatic rings. The van der Waals surface area contributed by atoms with Gasteiger partial charge >= 0.3 is 0 Å². The van der Waals surface area contributed by atoms with Gasteiger partial charge in [0.2, 0.25) is 0 Å². The first-order valence-corrected chi connectivity index (χ1v) is 4.37. The van der Waals surface area contributed by atoms with Crippen molar-refractivity contribution in [3.8, 4) is 0 Å². The Morgan fingerprint density at radius 3 is 2.86 bits per heavy atom. The van der Waals surface area contributed by atoms with Gasteiger partial charge in [0.1, 0.15) is 0 Å². The number of hydrogen-bond donors (Lipinski definition) is 2. The van der Waals surface area contributed by atoms with E-state index in [2.05, 4.69) is 5.10 Å². The van der Waals surface area contributed by atoms with E-state index in [0.717, 1.165) is 5.57 Å². The molecule has 0 saturated heterocycles. The second kappa shape index (κ2) is 4.15. The first-order chi connectivity index (χ1) is 6.54. The average molecular weight is 215 g/mol. The van der Waals surface area contributed by atoms with Crippen molar-refractivity contribution in [1.82, 2.24) is 9.78 Å². The van der Waals surface area contributed by atoms with Gasteiger partial charge in [-0.3, -0.25) is 9.48 Å². The molecule has 5 nitrogen and oxygen atoms in total. The molecule has 1 rings (SSSR count). The summed E-state index contributed by atoms with van der Waals surface area (Å²) in [5.74, 6) is -0.631. The number of halogens is 1. The van der Waals surface area contributed by atoms with E-state index in [0.29, 0.717) is 6.54 Å². The standard InChI is InChI=1S/C8H11ClN4O/c1-5(2-9)3-13-4-6(10)7(12-13)8(11)14/h2,4H,3,10H2,1H3,(H2,11,14)/b5-2+. The Hall–Kier alpha value is -1.49. The minimum Gasteiger partial charge on any atom is -0.396 e. The number of allylic oxidation sites excluding steroid dienone is 1. The maximum absolute atomic E-state index is 10.8. The van der Waals surface area contributed by atoms with Crippen LogP contribution in [0.2, 0.25) is 0 Å². The van der Waals surface area contributed by atoms with Crippen molar-refractivity contribution in [3.05, 3.63) is 23.0 Å². The summed E-state index contributed by atoms with van der Waals surface area (Å²) in [4.78, 5) is 10.8. The summed E-state index contributed by atoms with van der Waals surface area (Å²) in [7, 11) is 0. The third kappa shape index (κ3) is 2.26. The van der Waals surface area contributed by atoms with E-state index in [1.807, 2.05) is 6.92 Å². The van der Waals surface area contributed by atoms with Crippen molar-refractivity contribution < 1.29 is 4.79 Å². The number of carbonyl (C=O) groups excluding carboxylic acids is 1. The fourth-order valence-electron chi connectivity index (χ4n) is 0.999. The summed E-state index contributed by atoms with van der Waals surface area (Å²) in [6.07, 6.45) is 1.55. The molecule has 0 aromatic carbocycles. The van der Waals surface area contributed by atoms with Gasteiger partial charge in [0.05, 0.1) is 12.2 Å². The molecular formula is C8H11ClN4O. The van der Waals surface area contributed by atoms with Gasteiger partial charge in [0.15, 0.2) is 5.69 Å². The molecule has 6 heteroatoms. The molecule has 4 N–H and O–H groups in total. The van der Waals surface area contributed by atoms with E-state index in [1.165, 1.54) is 10.2 Å². The lowest BCUT2D eigenvalue weighted by Gasteiger charge is -1.98. The second-order valence-corrected chi connectivity index (χ2v) is 3.17. The summed E-state index contributed by atoms with van der Waals surface area (Å²) >= 11 is 5.48. The van der Waals surface area contributed by atoms with Crippen LogP contribution in [0.5, 0.6) is 0 Å². The molecule has 0 saturated carbocycles. The highest BCUT2D eigenvalue weighted by molar-refractivity contribution is 6.25. The zero-order valence-corrected chi connectivity index (χ0v) is 8.45. The number of amides is 1. The Morgan fingerprint density at radius 2 is 2.43 bits per heavy atom. The third-order valence-corrected chi connectivity index (χ3v) is 1.99. The fraction of sp³-hybridized carbons (Fsp3) is 0.250. The van der Waals surface area contributed by atoms with E-state index in [9.17, 15) is 4.79 Å². The number of hydrogen-bond acceptors (Lipinski definition) is 3. The maximum atomic E-state index is 10.8. The molecule has 1 amide bonds. The van der Waals surface area contributed by atoms with Crippen LogP contribution in [0.4, 0.5) is 5.69 Å². The molecular weight excluding hydrogens is 204 g/mol. The molecule has 1 heterocycles. The molecule has 0 unspecified atom stereocenters. The lowest BCUT2D eigenvalue weighted by molar-refractivity contribution is 0.0995. The Labute approximate surface area is 86.3 Å². The minimum absolute atomic E-state index is 0.0902. The molecule has 0 aliphatic carbocycles. The Kier molecular flexibility index (Phi) is 3.14. The van der Waals surface area contributed by atoms with Gasteiger partial charge in [-0.2, -0.15) is 5.10 Å². The molecule has 76 valence electrons. The highest BCUT2D eigenvalue weighted by Gasteiger charge is 2.10. The van der Waals surface area contributed by atoms with Crippen LogP contribution in [0.1, 0.15) is 17.4 Å². The Bertz CT molecular complexity index is 383. The van der Waals surface area contributed by atoms with Gasteiger partial charge < -0.3 is 11.5 Å². The Morgan fingerprint density at radius 1 is 1.79 bits per heavy atom. The highest BCUT2D eigenvalue weighted by atomic mass is 35.5. The van der Waals surface area contributed by atoms with E-state index in [1.54, 1.807) is 6.20 Å². The van der Waals surface area contributed by atoms with Gasteiger partial charge in [-0.25, -0.2) is 0 Å². The topological polar surface area (TPSA) is 86.9 Å². The number of carbonyl (C=O) groups is 1. The number of nitrogens with zero attached hydrogens (tertiary/aromatic N) is 2. The number of aromatic nitrogens is 2. The van der Waals surface area contributed by atoms with Gasteiger partial charge in [0.25, 0.3) is 5.91 Å². The molecule has 1 aromatic heterocycles. The second-order valence-electron chi connectivity index (χ2n) is 2.95. The van der Waals surface area contributed by atoms with Crippen LogP contribution in [0.15, 0.2) is 17.3 Å². The van der Waals surface area contributed by atoms with E-state index < -0.39 is 5.91 Å². The molecule has 0 spiro atoms. The number of anilines is 1. The van der Waals surface area contributed by atoms with E-state index in [-0.39, 0.29) is 11.4 Å². The van der Waals surface area contributed by atoms with Gasteiger partial charge in [-0.05, 0) is 12.5 Å². The smallest absolute Gasteiger partial charge is 0.271 e. The van der Waals surface area contributed by atoms with Crippen LogP contribution in [-0.2, 0) is 6.54 Å². The largest absolute Gasteiger partial charge is 0.396 e. The zero-order chi connectivity index (χ0) is 10.7. The van der Waals surface area contributed by atoms with Crippen molar-refractivity contribution in [2.24, 2.45) is 5.73 Å². The van der Waals surface area contributed by atoms with E-state index >= 15 is 0 Å². The first kappa shape index (κ1) is 10.6. The summed E-state index contributed by atoms with van der Waals surface area (Å²) in [6, 6.07) is 0. The molecule has 0 bridgehead atoms. The molecule has 0 atom stereocenters. The van der Waals surface area contributed by atoms with E-state index in [4.69, 9.17) is 23.1 Å². The lowest BCUT2D eigenvalue weighted by atomic mass is 10.3. The van der Waals surface area contributed by atoms with Crippen molar-refractivity contribution >= 4 is 23.2 Å². The lowest BCUT2D eigenvalue weighted by Crippen LogP contribution is -2.14. The summed E-state index contributed by atoms with van der Waals surface area (Å²) in [5.41, 5.74) is 13.3. The van der Waals surface area contributed by atoms with Crippen LogP contribution in [0.3, 0.4) is 0 Å². The van der Waals surface area contributed by atoms with Crippen LogP contribution in [-0.4, -0.2) is 15.7 Å². The quantitative estimate of drug-likeness (QED) is 0.777. The number of primary amides is 1. The first-order valence-electron chi connectivity index (χ1n) is 3.93. The molecule has 0 aliphatic heterocycles. The SMILES string of the molecule is C/C(=C\Cl)Cn1cc(N)c(C(N)=O)n1. The van der Waals surface area contributed by atoms with Gasteiger partial charge in [-0.15, -0.1) is 0 Å². The Balaban J connectivity index is 2.92. The maximum Gasteiger partial charge on any atom is 0.271 e. The number of rotatable bonds is 3. The van der Waals surface area contributed by atoms with Crippen LogP contribution in [0.25, 0.3) is 0 Å². The van der Waals surface area contributed by atoms with Gasteiger partial charge in [0, 0.05) is 11.7 Å². The van der Waals surface area contributed by atoms with Crippen molar-refractivity contribution in [1.29, 1.82) is 0 Å². The highest BCUT2D eigenvalue weighted by Crippen LogP contribution is 2.09. The predicted molar refractivity (Wildman–Crippen MR) is 54.8 cm³/mol.